The third-order valence-corrected chi connectivity index (χ3v) is 6.05. The van der Waals surface area contributed by atoms with Crippen molar-refractivity contribution in [2.75, 3.05) is 6.61 Å². The third-order valence-electron chi connectivity index (χ3n) is 3.76. The van der Waals surface area contributed by atoms with Gasteiger partial charge < -0.3 is 15.2 Å². The van der Waals surface area contributed by atoms with Gasteiger partial charge in [0.15, 0.2) is 0 Å². The maximum absolute atomic E-state index is 11.9. The molecule has 118 valence electrons. The zero-order chi connectivity index (χ0) is 15.5. The number of rotatable bonds is 6. The summed E-state index contributed by atoms with van der Waals surface area (Å²) in [4.78, 5) is 23.6. The molecule has 0 saturated carbocycles. The van der Waals surface area contributed by atoms with Crippen LogP contribution in [0.25, 0.3) is 9.40 Å². The van der Waals surface area contributed by atoms with E-state index in [0.29, 0.717) is 16.9 Å². The van der Waals surface area contributed by atoms with Crippen molar-refractivity contribution in [3.63, 3.8) is 0 Å². The Bertz CT molecular complexity index is 685. The van der Waals surface area contributed by atoms with Crippen molar-refractivity contribution in [2.45, 2.75) is 38.3 Å². The van der Waals surface area contributed by atoms with Crippen molar-refractivity contribution < 1.29 is 19.4 Å². The van der Waals surface area contributed by atoms with Crippen LogP contribution >= 0.6 is 22.7 Å². The summed E-state index contributed by atoms with van der Waals surface area (Å²) in [6.07, 6.45) is 3.45. The average molecular weight is 339 g/mol. The van der Waals surface area contributed by atoms with Crippen LogP contribution in [0.1, 0.15) is 40.9 Å². The van der Waals surface area contributed by atoms with Gasteiger partial charge in [-0.05, 0) is 30.7 Å². The standard InChI is InChI=1S/C15H17NO4S2/c17-12(4-3-9-2-1-6-20-9)16-8-10-13-11(5-7-21-13)22-14(10)15(18)19/h5,7,9H,1-4,6,8H2,(H,16,17)(H,18,19). The number of carboxylic acids is 1. The number of carboxylic acid groups (broad SMARTS) is 1. The molecule has 22 heavy (non-hydrogen) atoms. The van der Waals surface area contributed by atoms with Gasteiger partial charge in [0, 0.05) is 29.8 Å². The molecule has 1 aliphatic rings. The molecular weight excluding hydrogens is 322 g/mol. The van der Waals surface area contributed by atoms with Crippen LogP contribution in [0, 0.1) is 0 Å². The first kappa shape index (κ1) is 15.5. The molecule has 1 atom stereocenters. The van der Waals surface area contributed by atoms with Crippen molar-refractivity contribution in [3.8, 4) is 0 Å². The summed E-state index contributed by atoms with van der Waals surface area (Å²) >= 11 is 2.78. The van der Waals surface area contributed by atoms with E-state index in [-0.39, 0.29) is 18.6 Å². The van der Waals surface area contributed by atoms with E-state index in [2.05, 4.69) is 5.32 Å². The number of amides is 1. The fourth-order valence-corrected chi connectivity index (χ4v) is 4.86. The van der Waals surface area contributed by atoms with E-state index in [1.54, 1.807) is 0 Å². The largest absolute Gasteiger partial charge is 0.477 e. The second-order valence-corrected chi connectivity index (χ2v) is 7.25. The summed E-state index contributed by atoms with van der Waals surface area (Å²) in [6.45, 7) is 1.06. The van der Waals surface area contributed by atoms with Crippen LogP contribution in [0.3, 0.4) is 0 Å². The third kappa shape index (κ3) is 3.31. The fraction of sp³-hybridized carbons (Fsp3) is 0.467. The number of fused-ring (bicyclic) bond motifs is 1. The number of carbonyl (C=O) groups is 2. The molecule has 3 rings (SSSR count). The maximum Gasteiger partial charge on any atom is 0.346 e. The second-order valence-electron chi connectivity index (χ2n) is 5.28. The molecule has 2 aromatic heterocycles. The lowest BCUT2D eigenvalue weighted by Crippen LogP contribution is -2.24. The van der Waals surface area contributed by atoms with Gasteiger partial charge in [-0.3, -0.25) is 4.79 Å². The molecule has 0 aromatic carbocycles. The van der Waals surface area contributed by atoms with Crippen LogP contribution in [-0.2, 0) is 16.1 Å². The van der Waals surface area contributed by atoms with Crippen LogP contribution in [0.4, 0.5) is 0 Å². The van der Waals surface area contributed by atoms with E-state index < -0.39 is 5.97 Å². The maximum atomic E-state index is 11.9. The van der Waals surface area contributed by atoms with Crippen molar-refractivity contribution >= 4 is 43.9 Å². The van der Waals surface area contributed by atoms with Gasteiger partial charge in [-0.1, -0.05) is 0 Å². The predicted molar refractivity (Wildman–Crippen MR) is 86.7 cm³/mol. The van der Waals surface area contributed by atoms with Crippen molar-refractivity contribution in [1.82, 2.24) is 5.32 Å². The minimum Gasteiger partial charge on any atom is -0.477 e. The van der Waals surface area contributed by atoms with Crippen LogP contribution in [0.2, 0.25) is 0 Å². The molecule has 0 aliphatic carbocycles. The summed E-state index contributed by atoms with van der Waals surface area (Å²) in [6, 6.07) is 1.92. The van der Waals surface area contributed by atoms with Gasteiger partial charge in [0.05, 0.1) is 10.8 Å². The van der Waals surface area contributed by atoms with E-state index in [1.165, 1.54) is 22.7 Å². The minimum atomic E-state index is -0.933. The first-order chi connectivity index (χ1) is 10.6. The highest BCUT2D eigenvalue weighted by Crippen LogP contribution is 2.35. The Morgan fingerprint density at radius 2 is 2.32 bits per heavy atom. The van der Waals surface area contributed by atoms with Crippen molar-refractivity contribution in [1.29, 1.82) is 0 Å². The predicted octanol–water partition coefficient (Wildman–Crippen LogP) is 3.24. The van der Waals surface area contributed by atoms with E-state index in [1.807, 2.05) is 11.4 Å². The quantitative estimate of drug-likeness (QED) is 0.847. The van der Waals surface area contributed by atoms with E-state index in [9.17, 15) is 14.7 Å². The Kier molecular flexibility index (Phi) is 4.75. The lowest BCUT2D eigenvalue weighted by Gasteiger charge is -2.09. The summed E-state index contributed by atoms with van der Waals surface area (Å²) in [5.41, 5.74) is 0.716. The molecule has 1 fully saturated rings. The Balaban J connectivity index is 1.60. The molecule has 5 nitrogen and oxygen atoms in total. The Morgan fingerprint density at radius 3 is 3.05 bits per heavy atom. The smallest absolute Gasteiger partial charge is 0.346 e. The summed E-state index contributed by atoms with van der Waals surface area (Å²) in [5, 5.41) is 14.1. The minimum absolute atomic E-state index is 0.0530. The van der Waals surface area contributed by atoms with E-state index in [4.69, 9.17) is 4.74 Å². The molecular formula is C15H17NO4S2. The molecule has 1 aliphatic heterocycles. The van der Waals surface area contributed by atoms with E-state index >= 15 is 0 Å². The normalized spacial score (nSPS) is 17.9. The van der Waals surface area contributed by atoms with Gasteiger partial charge >= 0.3 is 5.97 Å². The van der Waals surface area contributed by atoms with Crippen LogP contribution in [-0.4, -0.2) is 29.7 Å². The number of ether oxygens (including phenoxy) is 1. The monoisotopic (exact) mass is 339 g/mol. The van der Waals surface area contributed by atoms with Crippen LogP contribution in [0.5, 0.6) is 0 Å². The summed E-state index contributed by atoms with van der Waals surface area (Å²) in [7, 11) is 0. The zero-order valence-electron chi connectivity index (χ0n) is 12.0. The SMILES string of the molecule is O=C(CCC1CCCO1)NCc1c(C(=O)O)sc2ccsc12. The fourth-order valence-electron chi connectivity index (χ4n) is 2.65. The zero-order valence-corrected chi connectivity index (χ0v) is 13.6. The summed E-state index contributed by atoms with van der Waals surface area (Å²) in [5.74, 6) is -0.986. The van der Waals surface area contributed by atoms with E-state index in [0.717, 1.165) is 35.3 Å². The molecule has 3 heterocycles. The molecule has 0 bridgehead atoms. The van der Waals surface area contributed by atoms with Gasteiger partial charge in [-0.2, -0.15) is 0 Å². The molecule has 1 unspecified atom stereocenters. The first-order valence-corrected chi connectivity index (χ1v) is 8.95. The van der Waals surface area contributed by atoms with Crippen LogP contribution in [0.15, 0.2) is 11.4 Å². The summed E-state index contributed by atoms with van der Waals surface area (Å²) < 4.78 is 7.42. The van der Waals surface area contributed by atoms with Gasteiger partial charge in [0.2, 0.25) is 5.91 Å². The number of nitrogens with one attached hydrogen (secondary N) is 1. The molecule has 7 heteroatoms. The molecule has 0 radical (unpaired) electrons. The Hall–Kier alpha value is -1.44. The topological polar surface area (TPSA) is 75.6 Å². The lowest BCUT2D eigenvalue weighted by molar-refractivity contribution is -0.121. The molecule has 1 saturated heterocycles. The Morgan fingerprint density at radius 1 is 1.45 bits per heavy atom. The number of carbonyl (C=O) groups excluding carboxylic acids is 1. The molecule has 2 aromatic rings. The number of thiophene rings is 2. The van der Waals surface area contributed by atoms with Gasteiger partial charge in [-0.15, -0.1) is 22.7 Å². The highest BCUT2D eigenvalue weighted by atomic mass is 32.1. The number of hydrogen-bond acceptors (Lipinski definition) is 5. The molecule has 1 amide bonds. The highest BCUT2D eigenvalue weighted by Gasteiger charge is 2.20. The number of hydrogen-bond donors (Lipinski definition) is 2. The van der Waals surface area contributed by atoms with Crippen molar-refractivity contribution in [3.05, 3.63) is 21.9 Å². The highest BCUT2D eigenvalue weighted by molar-refractivity contribution is 7.28. The van der Waals surface area contributed by atoms with Gasteiger partial charge in [0.25, 0.3) is 0 Å². The Labute approximate surface area is 135 Å². The van der Waals surface area contributed by atoms with Gasteiger partial charge in [0.1, 0.15) is 4.88 Å². The molecule has 2 N–H and O–H groups in total. The first-order valence-electron chi connectivity index (χ1n) is 7.25. The number of aromatic carboxylic acids is 1. The van der Waals surface area contributed by atoms with Gasteiger partial charge in [-0.25, -0.2) is 4.79 Å². The van der Waals surface area contributed by atoms with Crippen LogP contribution < -0.4 is 5.32 Å². The van der Waals surface area contributed by atoms with Crippen molar-refractivity contribution in [2.24, 2.45) is 0 Å². The lowest BCUT2D eigenvalue weighted by atomic mass is 10.1. The molecule has 0 spiro atoms. The second kappa shape index (κ2) is 6.76. The average Bonchev–Trinajstić information content (AvgIpc) is 3.19.